The molecule has 1 aliphatic rings. The Balaban J connectivity index is 2.11. The molecule has 2 rings (SSSR count). The summed E-state index contributed by atoms with van der Waals surface area (Å²) in [5.41, 5.74) is 1.17. The maximum Gasteiger partial charge on any atom is 0.328 e. The van der Waals surface area contributed by atoms with E-state index >= 15 is 0 Å². The van der Waals surface area contributed by atoms with Crippen molar-refractivity contribution in [1.82, 2.24) is 5.32 Å². The van der Waals surface area contributed by atoms with Crippen molar-refractivity contribution in [2.45, 2.75) is 51.6 Å². The molecule has 1 N–H and O–H groups in total. The molecule has 1 fully saturated rings. The highest BCUT2D eigenvalue weighted by atomic mass is 32.1. The number of aryl methyl sites for hydroxylation is 1. The van der Waals surface area contributed by atoms with Crippen LogP contribution in [-0.2, 0) is 9.53 Å². The van der Waals surface area contributed by atoms with Crippen molar-refractivity contribution in [1.29, 1.82) is 0 Å². The molecule has 0 radical (unpaired) electrons. The van der Waals surface area contributed by atoms with Crippen molar-refractivity contribution in [2.24, 2.45) is 0 Å². The van der Waals surface area contributed by atoms with E-state index in [1.165, 1.54) is 31.2 Å². The molecule has 0 aliphatic heterocycles. The molecule has 0 amide bonds. The molecule has 0 saturated heterocycles. The number of hydrogen-bond donors (Lipinski definition) is 1. The summed E-state index contributed by atoms with van der Waals surface area (Å²) in [6.45, 7) is 4.34. The Morgan fingerprint density at radius 2 is 2.28 bits per heavy atom. The summed E-state index contributed by atoms with van der Waals surface area (Å²) in [4.78, 5) is 13.2. The molecule has 1 atom stereocenters. The van der Waals surface area contributed by atoms with Gasteiger partial charge in [-0.15, -0.1) is 11.3 Å². The third-order valence-electron chi connectivity index (χ3n) is 3.44. The minimum atomic E-state index is -0.284. The number of ether oxygens (including phenoxy) is 1. The van der Waals surface area contributed by atoms with Crippen molar-refractivity contribution in [2.75, 3.05) is 6.61 Å². The molecular weight excluding hydrogens is 246 g/mol. The van der Waals surface area contributed by atoms with Gasteiger partial charge in [-0.05, 0) is 43.7 Å². The highest BCUT2D eigenvalue weighted by Crippen LogP contribution is 2.28. The summed E-state index contributed by atoms with van der Waals surface area (Å²) in [6, 6.07) is 2.23. The van der Waals surface area contributed by atoms with Gasteiger partial charge >= 0.3 is 5.97 Å². The lowest BCUT2D eigenvalue weighted by atomic mass is 10.1. The minimum absolute atomic E-state index is 0.144. The van der Waals surface area contributed by atoms with Crippen molar-refractivity contribution in [3.05, 3.63) is 21.9 Å². The average molecular weight is 267 g/mol. The minimum Gasteiger partial charge on any atom is -0.465 e. The lowest BCUT2D eigenvalue weighted by Crippen LogP contribution is -2.36. The van der Waals surface area contributed by atoms with E-state index in [-0.39, 0.29) is 12.0 Å². The Hall–Kier alpha value is -0.870. The molecule has 1 heterocycles. The number of rotatable bonds is 5. The van der Waals surface area contributed by atoms with Gasteiger partial charge in [0.05, 0.1) is 6.61 Å². The van der Waals surface area contributed by atoms with Crippen molar-refractivity contribution in [3.63, 3.8) is 0 Å². The van der Waals surface area contributed by atoms with E-state index in [1.54, 1.807) is 11.3 Å². The van der Waals surface area contributed by atoms with Crippen LogP contribution in [0.1, 0.15) is 49.1 Å². The fraction of sp³-hybridized carbons (Fsp3) is 0.643. The molecule has 1 unspecified atom stereocenters. The molecule has 1 aromatic rings. The van der Waals surface area contributed by atoms with Crippen LogP contribution in [0.4, 0.5) is 0 Å². The second-order valence-electron chi connectivity index (χ2n) is 4.80. The standard InChI is InChI=1S/C14H21NO2S/c1-3-17-14(16)12(13-10(2)8-9-18-13)15-11-6-4-5-7-11/h8-9,11-12,15H,3-7H2,1-2H3. The Morgan fingerprint density at radius 1 is 1.56 bits per heavy atom. The van der Waals surface area contributed by atoms with E-state index in [9.17, 15) is 4.79 Å². The zero-order valence-electron chi connectivity index (χ0n) is 11.1. The number of thiophene rings is 1. The van der Waals surface area contributed by atoms with Crippen LogP contribution in [-0.4, -0.2) is 18.6 Å². The molecule has 3 nitrogen and oxygen atoms in total. The van der Waals surface area contributed by atoms with Crippen LogP contribution in [0.5, 0.6) is 0 Å². The van der Waals surface area contributed by atoms with Gasteiger partial charge in [0, 0.05) is 10.9 Å². The van der Waals surface area contributed by atoms with Crippen LogP contribution < -0.4 is 5.32 Å². The van der Waals surface area contributed by atoms with Crippen LogP contribution >= 0.6 is 11.3 Å². The van der Waals surface area contributed by atoms with Gasteiger partial charge in [0.25, 0.3) is 0 Å². The Bertz CT molecular complexity index is 396. The Morgan fingerprint density at radius 3 is 2.83 bits per heavy atom. The fourth-order valence-electron chi connectivity index (χ4n) is 2.48. The maximum absolute atomic E-state index is 12.1. The first-order valence-electron chi connectivity index (χ1n) is 6.69. The van der Waals surface area contributed by atoms with Crippen LogP contribution in [0.25, 0.3) is 0 Å². The van der Waals surface area contributed by atoms with Crippen LogP contribution in [0.2, 0.25) is 0 Å². The Labute approximate surface area is 113 Å². The van der Waals surface area contributed by atoms with Crippen LogP contribution in [0, 0.1) is 6.92 Å². The fourth-order valence-corrected chi connectivity index (χ4v) is 3.46. The first-order chi connectivity index (χ1) is 8.72. The smallest absolute Gasteiger partial charge is 0.328 e. The number of carbonyl (C=O) groups excluding carboxylic acids is 1. The van der Waals surface area contributed by atoms with Gasteiger partial charge in [0.15, 0.2) is 0 Å². The van der Waals surface area contributed by atoms with Crippen LogP contribution in [0.3, 0.4) is 0 Å². The molecule has 18 heavy (non-hydrogen) atoms. The van der Waals surface area contributed by atoms with Gasteiger partial charge in [-0.2, -0.15) is 0 Å². The highest BCUT2D eigenvalue weighted by Gasteiger charge is 2.28. The SMILES string of the molecule is CCOC(=O)C(NC1CCCC1)c1sccc1C. The average Bonchev–Trinajstić information content (AvgIpc) is 2.97. The summed E-state index contributed by atoms with van der Waals surface area (Å²) in [5.74, 6) is -0.144. The molecule has 100 valence electrons. The predicted octanol–water partition coefficient (Wildman–Crippen LogP) is 3.19. The topological polar surface area (TPSA) is 38.3 Å². The number of nitrogens with one attached hydrogen (secondary N) is 1. The van der Waals surface area contributed by atoms with E-state index in [0.717, 1.165) is 4.88 Å². The Kier molecular flexibility index (Phi) is 4.78. The van der Waals surface area contributed by atoms with E-state index in [0.29, 0.717) is 12.6 Å². The van der Waals surface area contributed by atoms with Gasteiger partial charge in [-0.25, -0.2) is 4.79 Å². The molecule has 0 spiro atoms. The third-order valence-corrected chi connectivity index (χ3v) is 4.53. The zero-order valence-corrected chi connectivity index (χ0v) is 11.9. The second kappa shape index (κ2) is 6.34. The van der Waals surface area contributed by atoms with Gasteiger partial charge in [0.1, 0.15) is 6.04 Å². The van der Waals surface area contributed by atoms with Gasteiger partial charge in [-0.3, -0.25) is 5.32 Å². The molecule has 1 aromatic heterocycles. The number of esters is 1. The summed E-state index contributed by atoms with van der Waals surface area (Å²) in [7, 11) is 0. The first kappa shape index (κ1) is 13.6. The lowest BCUT2D eigenvalue weighted by molar-refractivity contribution is -0.146. The van der Waals surface area contributed by atoms with E-state index in [1.807, 2.05) is 19.2 Å². The molecule has 1 saturated carbocycles. The highest BCUT2D eigenvalue weighted by molar-refractivity contribution is 7.10. The predicted molar refractivity (Wildman–Crippen MR) is 73.8 cm³/mol. The third kappa shape index (κ3) is 3.12. The zero-order chi connectivity index (χ0) is 13.0. The molecule has 4 heteroatoms. The van der Waals surface area contributed by atoms with Crippen LogP contribution in [0.15, 0.2) is 11.4 Å². The molecule has 1 aliphatic carbocycles. The van der Waals surface area contributed by atoms with Gasteiger partial charge < -0.3 is 4.74 Å². The van der Waals surface area contributed by atoms with Gasteiger partial charge in [0.2, 0.25) is 0 Å². The number of hydrogen-bond acceptors (Lipinski definition) is 4. The molecule has 0 aromatic carbocycles. The lowest BCUT2D eigenvalue weighted by Gasteiger charge is -2.21. The summed E-state index contributed by atoms with van der Waals surface area (Å²) in [5, 5.41) is 5.51. The maximum atomic E-state index is 12.1. The first-order valence-corrected chi connectivity index (χ1v) is 7.57. The van der Waals surface area contributed by atoms with Gasteiger partial charge in [-0.1, -0.05) is 12.8 Å². The normalized spacial score (nSPS) is 17.9. The second-order valence-corrected chi connectivity index (χ2v) is 5.75. The van der Waals surface area contributed by atoms with Crippen molar-refractivity contribution in [3.8, 4) is 0 Å². The summed E-state index contributed by atoms with van der Waals surface area (Å²) < 4.78 is 5.20. The van der Waals surface area contributed by atoms with E-state index < -0.39 is 0 Å². The van der Waals surface area contributed by atoms with E-state index in [4.69, 9.17) is 4.74 Å². The molecular formula is C14H21NO2S. The van der Waals surface area contributed by atoms with E-state index in [2.05, 4.69) is 11.4 Å². The molecule has 0 bridgehead atoms. The number of carbonyl (C=O) groups is 1. The summed E-state index contributed by atoms with van der Waals surface area (Å²) in [6.07, 6.45) is 4.86. The van der Waals surface area contributed by atoms with Crippen molar-refractivity contribution >= 4 is 17.3 Å². The summed E-state index contributed by atoms with van der Waals surface area (Å²) >= 11 is 1.63. The van der Waals surface area contributed by atoms with Crippen molar-refractivity contribution < 1.29 is 9.53 Å². The largest absolute Gasteiger partial charge is 0.465 e. The monoisotopic (exact) mass is 267 g/mol. The quantitative estimate of drug-likeness (QED) is 0.833.